The summed E-state index contributed by atoms with van der Waals surface area (Å²) in [6.45, 7) is 5.61. The van der Waals surface area contributed by atoms with Gasteiger partial charge < -0.3 is 5.11 Å². The summed E-state index contributed by atoms with van der Waals surface area (Å²) in [5.41, 5.74) is 3.30. The Hall–Kier alpha value is -2.68. The Balaban J connectivity index is 2.50. The lowest BCUT2D eigenvalue weighted by atomic mass is 10.0. The molecule has 0 heterocycles. The van der Waals surface area contributed by atoms with Gasteiger partial charge in [-0.2, -0.15) is 0 Å². The average Bonchev–Trinajstić information content (AvgIpc) is 2.52. The van der Waals surface area contributed by atoms with Crippen LogP contribution in [0.2, 0.25) is 0 Å². The second kappa shape index (κ2) is 7.36. The first-order chi connectivity index (χ1) is 10.6. The van der Waals surface area contributed by atoms with E-state index in [2.05, 4.69) is 11.6 Å². The van der Waals surface area contributed by atoms with Crippen LogP contribution >= 0.6 is 0 Å². The number of aliphatic carboxylic acids is 1. The van der Waals surface area contributed by atoms with E-state index in [1.807, 2.05) is 67.6 Å². The molecular formula is C19H19NO2. The van der Waals surface area contributed by atoms with Gasteiger partial charge in [-0.3, -0.25) is 4.99 Å². The van der Waals surface area contributed by atoms with E-state index in [0.29, 0.717) is 12.1 Å². The predicted octanol–water partition coefficient (Wildman–Crippen LogP) is 3.94. The molecule has 0 fully saturated rings. The van der Waals surface area contributed by atoms with Crippen molar-refractivity contribution < 1.29 is 9.90 Å². The third kappa shape index (κ3) is 4.16. The third-order valence-electron chi connectivity index (χ3n) is 3.21. The minimum Gasteiger partial charge on any atom is -0.480 e. The minimum absolute atomic E-state index is 0.332. The molecule has 0 bridgehead atoms. The minimum atomic E-state index is -0.938. The maximum Gasteiger partial charge on any atom is 0.328 e. The first-order valence-corrected chi connectivity index (χ1v) is 7.13. The summed E-state index contributed by atoms with van der Waals surface area (Å²) in [5, 5.41) is 9.42. The van der Waals surface area contributed by atoms with Crippen LogP contribution in [0.5, 0.6) is 0 Å². The molecule has 2 rings (SSSR count). The van der Waals surface area contributed by atoms with E-state index >= 15 is 0 Å². The molecule has 2 aromatic carbocycles. The molecule has 0 unspecified atom stereocenters. The van der Waals surface area contributed by atoms with Gasteiger partial charge in [-0.1, -0.05) is 66.2 Å². The molecule has 0 amide bonds. The van der Waals surface area contributed by atoms with Gasteiger partial charge >= 0.3 is 5.97 Å². The smallest absolute Gasteiger partial charge is 0.328 e. The molecule has 0 radical (unpaired) electrons. The monoisotopic (exact) mass is 293 g/mol. The van der Waals surface area contributed by atoms with Crippen LogP contribution in [0.1, 0.15) is 24.5 Å². The van der Waals surface area contributed by atoms with Gasteiger partial charge in [0.05, 0.1) is 5.71 Å². The molecule has 112 valence electrons. The molecule has 0 saturated heterocycles. The summed E-state index contributed by atoms with van der Waals surface area (Å²) in [6, 6.07) is 18.4. The van der Waals surface area contributed by atoms with Crippen molar-refractivity contribution in [3.8, 4) is 0 Å². The first kappa shape index (κ1) is 15.7. The second-order valence-corrected chi connectivity index (χ2v) is 5.23. The Labute approximate surface area is 130 Å². The quantitative estimate of drug-likeness (QED) is 0.647. The molecule has 0 aliphatic carbocycles. The summed E-state index contributed by atoms with van der Waals surface area (Å²) in [6.07, 6.45) is 0.332. The van der Waals surface area contributed by atoms with Crippen molar-refractivity contribution in [2.24, 2.45) is 4.99 Å². The van der Waals surface area contributed by atoms with E-state index in [1.54, 1.807) is 0 Å². The van der Waals surface area contributed by atoms with E-state index in [9.17, 15) is 9.90 Å². The van der Waals surface area contributed by atoms with E-state index < -0.39 is 12.0 Å². The zero-order valence-electron chi connectivity index (χ0n) is 12.6. The highest BCUT2D eigenvalue weighted by Crippen LogP contribution is 2.15. The van der Waals surface area contributed by atoms with Crippen molar-refractivity contribution >= 4 is 11.7 Å². The standard InChI is InChI=1S/C19H19NO2/c1-14(2)13-17(19(21)22)20-18(15-9-5-3-6-10-15)16-11-7-4-8-12-16/h3-12,17H,1,13H2,2H3,(H,21,22)/t17-/m0/s1. The molecule has 2 aromatic rings. The highest BCUT2D eigenvalue weighted by Gasteiger charge is 2.18. The SMILES string of the molecule is C=C(C)C[C@H](N=C(c1ccccc1)c1ccccc1)C(=O)O. The molecular weight excluding hydrogens is 274 g/mol. The number of nitrogens with zero attached hydrogens (tertiary/aromatic N) is 1. The van der Waals surface area contributed by atoms with E-state index in [0.717, 1.165) is 16.7 Å². The highest BCUT2D eigenvalue weighted by atomic mass is 16.4. The van der Waals surface area contributed by atoms with Crippen molar-refractivity contribution in [2.45, 2.75) is 19.4 Å². The fourth-order valence-electron chi connectivity index (χ4n) is 2.18. The molecule has 3 nitrogen and oxygen atoms in total. The lowest BCUT2D eigenvalue weighted by molar-refractivity contribution is -0.138. The number of hydrogen-bond donors (Lipinski definition) is 1. The summed E-state index contributed by atoms with van der Waals surface area (Å²) >= 11 is 0. The molecule has 0 spiro atoms. The number of carboxylic acids is 1. The number of hydrogen-bond acceptors (Lipinski definition) is 2. The number of carbonyl (C=O) groups is 1. The van der Waals surface area contributed by atoms with Crippen LogP contribution in [0.25, 0.3) is 0 Å². The van der Waals surface area contributed by atoms with Crippen molar-refractivity contribution in [3.05, 3.63) is 83.9 Å². The summed E-state index contributed by atoms with van der Waals surface area (Å²) in [4.78, 5) is 16.0. The first-order valence-electron chi connectivity index (χ1n) is 7.13. The third-order valence-corrected chi connectivity index (χ3v) is 3.21. The van der Waals surface area contributed by atoms with Crippen molar-refractivity contribution in [2.75, 3.05) is 0 Å². The largest absolute Gasteiger partial charge is 0.480 e. The second-order valence-electron chi connectivity index (χ2n) is 5.23. The van der Waals surface area contributed by atoms with Crippen LogP contribution < -0.4 is 0 Å². The molecule has 0 aromatic heterocycles. The molecule has 3 heteroatoms. The summed E-state index contributed by atoms with van der Waals surface area (Å²) in [7, 11) is 0. The number of benzene rings is 2. The maximum absolute atomic E-state index is 11.5. The van der Waals surface area contributed by atoms with Gasteiger partial charge in [-0.05, 0) is 6.92 Å². The molecule has 0 aliphatic heterocycles. The van der Waals surface area contributed by atoms with Gasteiger partial charge in [0.15, 0.2) is 6.04 Å². The van der Waals surface area contributed by atoms with Crippen molar-refractivity contribution in [1.82, 2.24) is 0 Å². The Morgan fingerprint density at radius 2 is 1.50 bits per heavy atom. The topological polar surface area (TPSA) is 49.7 Å². The van der Waals surface area contributed by atoms with Crippen LogP contribution in [0.15, 0.2) is 77.8 Å². The van der Waals surface area contributed by atoms with Gasteiger partial charge in [0.1, 0.15) is 0 Å². The van der Waals surface area contributed by atoms with Crippen LogP contribution in [-0.4, -0.2) is 22.8 Å². The predicted molar refractivity (Wildman–Crippen MR) is 89.4 cm³/mol. The average molecular weight is 293 g/mol. The van der Waals surface area contributed by atoms with Crippen LogP contribution in [0.3, 0.4) is 0 Å². The van der Waals surface area contributed by atoms with Crippen molar-refractivity contribution in [3.63, 3.8) is 0 Å². The van der Waals surface area contributed by atoms with Gasteiger partial charge in [0, 0.05) is 17.5 Å². The Kier molecular flexibility index (Phi) is 5.26. The van der Waals surface area contributed by atoms with E-state index in [1.165, 1.54) is 0 Å². The van der Waals surface area contributed by atoms with E-state index in [-0.39, 0.29) is 0 Å². The van der Waals surface area contributed by atoms with Gasteiger partial charge in [0.25, 0.3) is 0 Å². The van der Waals surface area contributed by atoms with Crippen LogP contribution in [0.4, 0.5) is 0 Å². The molecule has 1 atom stereocenters. The molecule has 1 N–H and O–H groups in total. The van der Waals surface area contributed by atoms with Gasteiger partial charge in [-0.15, -0.1) is 6.58 Å². The number of rotatable bonds is 6. The lowest BCUT2D eigenvalue weighted by Gasteiger charge is -2.12. The van der Waals surface area contributed by atoms with Crippen LogP contribution in [-0.2, 0) is 4.79 Å². The fourth-order valence-corrected chi connectivity index (χ4v) is 2.18. The Morgan fingerprint density at radius 3 is 1.86 bits per heavy atom. The van der Waals surface area contributed by atoms with Gasteiger partial charge in [-0.25, -0.2) is 4.79 Å². The number of aliphatic imine (C=N–C) groups is 1. The number of carboxylic acid groups (broad SMARTS) is 1. The van der Waals surface area contributed by atoms with E-state index in [4.69, 9.17) is 0 Å². The zero-order chi connectivity index (χ0) is 15.9. The normalized spacial score (nSPS) is 11.5. The van der Waals surface area contributed by atoms with Crippen LogP contribution in [0, 0.1) is 0 Å². The summed E-state index contributed by atoms with van der Waals surface area (Å²) < 4.78 is 0. The molecule has 0 aliphatic rings. The maximum atomic E-state index is 11.5. The lowest BCUT2D eigenvalue weighted by Crippen LogP contribution is -2.21. The zero-order valence-corrected chi connectivity index (χ0v) is 12.6. The Morgan fingerprint density at radius 1 is 1.05 bits per heavy atom. The van der Waals surface area contributed by atoms with Crippen molar-refractivity contribution in [1.29, 1.82) is 0 Å². The molecule has 0 saturated carbocycles. The fraction of sp³-hybridized carbons (Fsp3) is 0.158. The van der Waals surface area contributed by atoms with Gasteiger partial charge in [0.2, 0.25) is 0 Å². The summed E-state index contributed by atoms with van der Waals surface area (Å²) in [5.74, 6) is -0.938. The Bertz CT molecular complexity index is 634. The molecule has 22 heavy (non-hydrogen) atoms. The highest BCUT2D eigenvalue weighted by molar-refractivity contribution is 6.13.